The first-order valence-electron chi connectivity index (χ1n) is 10.1. The van der Waals surface area contributed by atoms with E-state index in [1.165, 1.54) is 22.2 Å². The van der Waals surface area contributed by atoms with Gasteiger partial charge in [0.1, 0.15) is 0 Å². The van der Waals surface area contributed by atoms with Crippen molar-refractivity contribution in [2.24, 2.45) is 11.8 Å². The van der Waals surface area contributed by atoms with Crippen LogP contribution in [0.5, 0.6) is 0 Å². The zero-order valence-electron chi connectivity index (χ0n) is 15.9. The second kappa shape index (κ2) is 7.37. The number of aromatic amines is 1. The lowest BCUT2D eigenvalue weighted by Crippen LogP contribution is -2.43. The van der Waals surface area contributed by atoms with Crippen LogP contribution in [0.4, 0.5) is 0 Å². The number of aliphatic carboxylic acids is 1. The number of likely N-dealkylation sites (tertiary alicyclic amines) is 1. The van der Waals surface area contributed by atoms with Crippen molar-refractivity contribution < 1.29 is 14.7 Å². The first-order valence-corrected chi connectivity index (χ1v) is 10.1. The molecule has 1 aliphatic heterocycles. The number of fused-ring (bicyclic) bond motifs is 1. The van der Waals surface area contributed by atoms with Crippen molar-refractivity contribution in [3.63, 3.8) is 0 Å². The molecule has 1 saturated heterocycles. The quantitative estimate of drug-likeness (QED) is 0.857. The van der Waals surface area contributed by atoms with Gasteiger partial charge in [0, 0.05) is 35.6 Å². The number of rotatable bonds is 3. The van der Waals surface area contributed by atoms with Crippen molar-refractivity contribution in [2.45, 2.75) is 51.4 Å². The Morgan fingerprint density at radius 2 is 1.78 bits per heavy atom. The van der Waals surface area contributed by atoms with Gasteiger partial charge < -0.3 is 15.0 Å². The van der Waals surface area contributed by atoms with Gasteiger partial charge in [0.2, 0.25) is 5.91 Å². The van der Waals surface area contributed by atoms with Crippen LogP contribution in [-0.2, 0) is 9.59 Å². The molecule has 5 nitrogen and oxygen atoms in total. The Balaban J connectivity index is 1.42. The third kappa shape index (κ3) is 3.47. The molecule has 0 bridgehead atoms. The van der Waals surface area contributed by atoms with Gasteiger partial charge in [0.05, 0.1) is 5.92 Å². The molecule has 4 rings (SSSR count). The molecule has 2 unspecified atom stereocenters. The van der Waals surface area contributed by atoms with Gasteiger partial charge in [-0.25, -0.2) is 0 Å². The van der Waals surface area contributed by atoms with Crippen LogP contribution in [0.2, 0.25) is 0 Å². The van der Waals surface area contributed by atoms with Crippen LogP contribution >= 0.6 is 0 Å². The molecule has 2 N–H and O–H groups in total. The first-order chi connectivity index (χ1) is 13.0. The zero-order valence-corrected chi connectivity index (χ0v) is 15.9. The minimum absolute atomic E-state index is 0.105. The summed E-state index contributed by atoms with van der Waals surface area (Å²) in [5, 5.41) is 10.6. The van der Waals surface area contributed by atoms with E-state index in [0.717, 1.165) is 38.8 Å². The highest BCUT2D eigenvalue weighted by Gasteiger charge is 2.35. The Morgan fingerprint density at radius 3 is 2.52 bits per heavy atom. The number of carbonyl (C=O) groups is 2. The van der Waals surface area contributed by atoms with E-state index in [9.17, 15) is 14.7 Å². The molecular weight excluding hydrogens is 340 g/mol. The van der Waals surface area contributed by atoms with Crippen LogP contribution in [0.25, 0.3) is 10.9 Å². The molecule has 1 amide bonds. The van der Waals surface area contributed by atoms with Crippen molar-refractivity contribution in [1.82, 2.24) is 9.88 Å². The Labute approximate surface area is 159 Å². The maximum Gasteiger partial charge on any atom is 0.306 e. The van der Waals surface area contributed by atoms with E-state index >= 15 is 0 Å². The third-order valence-electron chi connectivity index (χ3n) is 6.53. The lowest BCUT2D eigenvalue weighted by molar-refractivity contribution is -0.145. The second-order valence-electron chi connectivity index (χ2n) is 8.21. The summed E-state index contributed by atoms with van der Waals surface area (Å²) < 4.78 is 0. The van der Waals surface area contributed by atoms with E-state index < -0.39 is 5.97 Å². The molecule has 0 radical (unpaired) electrons. The number of hydrogen-bond acceptors (Lipinski definition) is 2. The van der Waals surface area contributed by atoms with Crippen LogP contribution in [0.3, 0.4) is 0 Å². The molecule has 0 spiro atoms. The van der Waals surface area contributed by atoms with Gasteiger partial charge in [-0.3, -0.25) is 9.59 Å². The Kier molecular flexibility index (Phi) is 4.94. The topological polar surface area (TPSA) is 73.4 Å². The van der Waals surface area contributed by atoms with E-state index in [-0.39, 0.29) is 17.7 Å². The molecule has 1 saturated carbocycles. The number of carbonyl (C=O) groups excluding carboxylic acids is 1. The maximum atomic E-state index is 12.9. The van der Waals surface area contributed by atoms with Crippen molar-refractivity contribution in [3.8, 4) is 0 Å². The predicted molar refractivity (Wildman–Crippen MR) is 105 cm³/mol. The van der Waals surface area contributed by atoms with Crippen molar-refractivity contribution in [2.75, 3.05) is 13.1 Å². The summed E-state index contributed by atoms with van der Waals surface area (Å²) in [6.07, 6.45) is 4.85. The summed E-state index contributed by atoms with van der Waals surface area (Å²) in [6, 6.07) is 8.43. The normalized spacial score (nSPS) is 24.3. The van der Waals surface area contributed by atoms with Gasteiger partial charge in [-0.2, -0.15) is 0 Å². The smallest absolute Gasteiger partial charge is 0.306 e. The summed E-state index contributed by atoms with van der Waals surface area (Å²) in [4.78, 5) is 29.7. The Hall–Kier alpha value is -2.30. The molecular formula is C22H28N2O3. The number of aryl methyl sites for hydroxylation is 1. The number of H-pyrrole nitrogens is 1. The Bertz CT molecular complexity index is 848. The number of benzene rings is 1. The third-order valence-corrected chi connectivity index (χ3v) is 6.53. The number of nitrogens with one attached hydrogen (secondary N) is 1. The van der Waals surface area contributed by atoms with Crippen LogP contribution in [0.1, 0.15) is 55.7 Å². The lowest BCUT2D eigenvalue weighted by Gasteiger charge is -2.36. The van der Waals surface area contributed by atoms with Gasteiger partial charge in [-0.1, -0.05) is 24.6 Å². The molecule has 1 aliphatic carbocycles. The lowest BCUT2D eigenvalue weighted by atomic mass is 9.80. The summed E-state index contributed by atoms with van der Waals surface area (Å²) in [7, 11) is 0. The predicted octanol–water partition coefficient (Wildman–Crippen LogP) is 4.07. The number of amides is 1. The molecule has 2 aliphatic rings. The van der Waals surface area contributed by atoms with Gasteiger partial charge in [0.15, 0.2) is 0 Å². The zero-order chi connectivity index (χ0) is 19.0. The number of piperidine rings is 1. The summed E-state index contributed by atoms with van der Waals surface area (Å²) >= 11 is 0. The van der Waals surface area contributed by atoms with E-state index in [1.807, 2.05) is 4.90 Å². The first kappa shape index (κ1) is 18.1. The molecule has 2 atom stereocenters. The molecule has 2 heterocycles. The highest BCUT2D eigenvalue weighted by atomic mass is 16.4. The fourth-order valence-corrected chi connectivity index (χ4v) is 5.11. The largest absolute Gasteiger partial charge is 0.481 e. The van der Waals surface area contributed by atoms with E-state index in [1.54, 1.807) is 0 Å². The molecule has 5 heteroatoms. The SMILES string of the molecule is Cc1[nH]c2ccccc2c1C1CCN(C(=O)C2CCCC(C(=O)O)C2)CC1. The van der Waals surface area contributed by atoms with Crippen LogP contribution < -0.4 is 0 Å². The minimum Gasteiger partial charge on any atom is -0.481 e. The second-order valence-corrected chi connectivity index (χ2v) is 8.21. The van der Waals surface area contributed by atoms with Gasteiger partial charge in [-0.05, 0) is 56.6 Å². The standard InChI is InChI=1S/C22H28N2O3/c1-14-20(18-7-2-3-8-19(18)23-14)15-9-11-24(12-10-15)21(25)16-5-4-6-17(13-16)22(26)27/h2-3,7-8,15-17,23H,4-6,9-13H2,1H3,(H,26,27). The molecule has 2 fully saturated rings. The van der Waals surface area contributed by atoms with E-state index in [4.69, 9.17) is 0 Å². The Morgan fingerprint density at radius 1 is 1.07 bits per heavy atom. The number of hydrogen-bond donors (Lipinski definition) is 2. The van der Waals surface area contributed by atoms with Crippen molar-refractivity contribution in [1.29, 1.82) is 0 Å². The fraction of sp³-hybridized carbons (Fsp3) is 0.545. The van der Waals surface area contributed by atoms with Crippen molar-refractivity contribution in [3.05, 3.63) is 35.5 Å². The number of nitrogens with zero attached hydrogens (tertiary/aromatic N) is 1. The molecule has 27 heavy (non-hydrogen) atoms. The van der Waals surface area contributed by atoms with Gasteiger partial charge >= 0.3 is 5.97 Å². The van der Waals surface area contributed by atoms with E-state index in [2.05, 4.69) is 36.2 Å². The monoisotopic (exact) mass is 368 g/mol. The highest BCUT2D eigenvalue weighted by Crippen LogP contribution is 2.37. The molecule has 1 aromatic carbocycles. The average molecular weight is 368 g/mol. The van der Waals surface area contributed by atoms with Gasteiger partial charge in [0.25, 0.3) is 0 Å². The van der Waals surface area contributed by atoms with Gasteiger partial charge in [-0.15, -0.1) is 0 Å². The van der Waals surface area contributed by atoms with E-state index in [0.29, 0.717) is 18.8 Å². The van der Waals surface area contributed by atoms with Crippen LogP contribution in [0.15, 0.2) is 24.3 Å². The summed E-state index contributed by atoms with van der Waals surface area (Å²) in [5.41, 5.74) is 3.82. The number of carboxylic acid groups (broad SMARTS) is 1. The number of carboxylic acids is 1. The summed E-state index contributed by atoms with van der Waals surface area (Å²) in [5.74, 6) is -0.551. The van der Waals surface area contributed by atoms with Crippen molar-refractivity contribution >= 4 is 22.8 Å². The average Bonchev–Trinajstić information content (AvgIpc) is 3.03. The molecule has 1 aromatic heterocycles. The number of aromatic nitrogens is 1. The minimum atomic E-state index is -0.749. The molecule has 2 aromatic rings. The van der Waals surface area contributed by atoms with Crippen LogP contribution in [0, 0.1) is 18.8 Å². The highest BCUT2D eigenvalue weighted by molar-refractivity contribution is 5.85. The fourth-order valence-electron chi connectivity index (χ4n) is 5.11. The van der Waals surface area contributed by atoms with Crippen LogP contribution in [-0.4, -0.2) is 40.0 Å². The maximum absolute atomic E-state index is 12.9. The number of para-hydroxylation sites is 1. The summed E-state index contributed by atoms with van der Waals surface area (Å²) in [6.45, 7) is 3.69. The molecule has 144 valence electrons.